The second kappa shape index (κ2) is 17.1. The molecule has 4 nitrogen and oxygen atoms in total. The first-order valence-electron chi connectivity index (χ1n) is 9.52. The van der Waals surface area contributed by atoms with Gasteiger partial charge in [-0.25, -0.2) is 0 Å². The van der Waals surface area contributed by atoms with Gasteiger partial charge in [-0.05, 0) is 6.42 Å². The summed E-state index contributed by atoms with van der Waals surface area (Å²) in [4.78, 5) is 0. The van der Waals surface area contributed by atoms with Crippen LogP contribution in [-0.4, -0.2) is 17.7 Å². The predicted octanol–water partition coefficient (Wildman–Crippen LogP) is 4.83. The Labute approximate surface area is 148 Å². The topological polar surface area (TPSA) is 69.9 Å². The molecule has 0 heterocycles. The van der Waals surface area contributed by atoms with Gasteiger partial charge in [-0.3, -0.25) is 0 Å². The van der Waals surface area contributed by atoms with Gasteiger partial charge in [0.1, 0.15) is 0 Å². The first kappa shape index (κ1) is 23.3. The fourth-order valence-electron chi connectivity index (χ4n) is 2.56. The van der Waals surface area contributed by atoms with E-state index in [1.165, 1.54) is 70.6 Å². The summed E-state index contributed by atoms with van der Waals surface area (Å²) in [6.07, 6.45) is 22.0. The van der Waals surface area contributed by atoms with Gasteiger partial charge in [0.05, 0.1) is 0 Å². The van der Waals surface area contributed by atoms with E-state index < -0.39 is 18.1 Å². The van der Waals surface area contributed by atoms with Crippen molar-refractivity contribution in [1.82, 2.24) is 0 Å². The van der Waals surface area contributed by atoms with Crippen molar-refractivity contribution in [2.45, 2.75) is 96.8 Å². The number of hydrogen-bond donors (Lipinski definition) is 3. The molecule has 0 bridgehead atoms. The van der Waals surface area contributed by atoms with Gasteiger partial charge in [0.2, 0.25) is 0 Å². The Balaban J connectivity index is 3.11. The molecular formula is C18H38O4Ti. The van der Waals surface area contributed by atoms with E-state index in [-0.39, 0.29) is 6.61 Å². The van der Waals surface area contributed by atoms with Crippen molar-refractivity contribution in [3.63, 3.8) is 0 Å². The van der Waals surface area contributed by atoms with Gasteiger partial charge in [-0.1, -0.05) is 39.0 Å². The Morgan fingerprint density at radius 2 is 1.09 bits per heavy atom. The quantitative estimate of drug-likeness (QED) is 0.196. The Bertz CT molecular complexity index is 264. The van der Waals surface area contributed by atoms with Crippen molar-refractivity contribution in [1.29, 1.82) is 0 Å². The zero-order chi connectivity index (χ0) is 17.2. The minimum absolute atomic E-state index is 0.255. The molecule has 23 heavy (non-hydrogen) atoms. The molecule has 5 heteroatoms. The van der Waals surface area contributed by atoms with Crippen molar-refractivity contribution in [3.05, 3.63) is 12.2 Å². The summed E-state index contributed by atoms with van der Waals surface area (Å²) in [6.45, 7) is 2.51. The fourth-order valence-corrected chi connectivity index (χ4v) is 3.21. The molecule has 0 aliphatic heterocycles. The third-order valence-electron chi connectivity index (χ3n) is 3.95. The fraction of sp³-hybridized carbons (Fsp3) is 0.889. The van der Waals surface area contributed by atoms with Crippen LogP contribution in [0.2, 0.25) is 0 Å². The zero-order valence-electron chi connectivity index (χ0n) is 15.0. The van der Waals surface area contributed by atoms with E-state index >= 15 is 0 Å². The summed E-state index contributed by atoms with van der Waals surface area (Å²) in [5, 5.41) is 0. The monoisotopic (exact) mass is 366 g/mol. The molecule has 0 aliphatic carbocycles. The second-order valence-electron chi connectivity index (χ2n) is 6.36. The van der Waals surface area contributed by atoms with Crippen LogP contribution >= 0.6 is 0 Å². The van der Waals surface area contributed by atoms with Crippen LogP contribution in [0.3, 0.4) is 0 Å². The van der Waals surface area contributed by atoms with Crippen molar-refractivity contribution in [3.8, 4) is 0 Å². The molecule has 0 aromatic carbocycles. The van der Waals surface area contributed by atoms with Crippen molar-refractivity contribution >= 4 is 0 Å². The number of unbranched alkanes of at least 4 members (excludes halogenated alkanes) is 12. The van der Waals surface area contributed by atoms with Crippen LogP contribution in [0.25, 0.3) is 0 Å². The molecule has 0 aliphatic rings. The molecule has 0 spiro atoms. The molecule has 3 N–H and O–H groups in total. The van der Waals surface area contributed by atoms with Crippen LogP contribution in [-0.2, 0) is 21.5 Å². The average molecular weight is 366 g/mol. The van der Waals surface area contributed by atoms with Crippen LogP contribution in [0.15, 0.2) is 12.2 Å². The molecule has 0 aromatic heterocycles. The third-order valence-corrected chi connectivity index (χ3v) is 4.88. The normalized spacial score (nSPS) is 12.3. The van der Waals surface area contributed by atoms with Gasteiger partial charge in [0.15, 0.2) is 0 Å². The van der Waals surface area contributed by atoms with E-state index in [1.807, 2.05) is 0 Å². The molecule has 0 saturated heterocycles. The summed E-state index contributed by atoms with van der Waals surface area (Å²) < 4.78 is 30.7. The third kappa shape index (κ3) is 22.3. The van der Waals surface area contributed by atoms with Gasteiger partial charge < -0.3 is 0 Å². The average Bonchev–Trinajstić information content (AvgIpc) is 2.49. The SMILES string of the molecule is CCCCCCCC/C=C\CCCCCCCC[O][Ti]([OH])([OH])[OH]. The first-order chi connectivity index (χ1) is 11.1. The van der Waals surface area contributed by atoms with Crippen molar-refractivity contribution in [2.75, 3.05) is 6.61 Å². The summed E-state index contributed by atoms with van der Waals surface area (Å²) in [7, 11) is 0. The van der Waals surface area contributed by atoms with E-state index in [1.54, 1.807) is 0 Å². The molecule has 138 valence electrons. The number of allylic oxidation sites excluding steroid dienone is 2. The van der Waals surface area contributed by atoms with Crippen LogP contribution in [0, 0.1) is 0 Å². The van der Waals surface area contributed by atoms with Crippen LogP contribution in [0.5, 0.6) is 0 Å². The summed E-state index contributed by atoms with van der Waals surface area (Å²) >= 11 is -4.73. The molecule has 0 saturated carbocycles. The molecule has 0 atom stereocenters. The Morgan fingerprint density at radius 1 is 0.652 bits per heavy atom. The number of hydrogen-bond acceptors (Lipinski definition) is 4. The van der Waals surface area contributed by atoms with Gasteiger partial charge in [0, 0.05) is 0 Å². The van der Waals surface area contributed by atoms with E-state index in [4.69, 9.17) is 11.1 Å². The van der Waals surface area contributed by atoms with E-state index in [2.05, 4.69) is 22.4 Å². The summed E-state index contributed by atoms with van der Waals surface area (Å²) in [6, 6.07) is 0. The van der Waals surface area contributed by atoms with Crippen LogP contribution < -0.4 is 0 Å². The molecule has 0 rings (SSSR count). The van der Waals surface area contributed by atoms with Crippen molar-refractivity contribution in [2.24, 2.45) is 0 Å². The maximum absolute atomic E-state index is 8.71. The molecule has 0 aromatic rings. The van der Waals surface area contributed by atoms with Gasteiger partial charge in [0.25, 0.3) is 0 Å². The zero-order valence-corrected chi connectivity index (χ0v) is 16.6. The summed E-state index contributed by atoms with van der Waals surface area (Å²) in [5.41, 5.74) is 0. The minimum atomic E-state index is -4.73. The van der Waals surface area contributed by atoms with Crippen LogP contribution in [0.4, 0.5) is 0 Å². The van der Waals surface area contributed by atoms with Crippen molar-refractivity contribution < 1.29 is 32.5 Å². The van der Waals surface area contributed by atoms with Gasteiger partial charge in [-0.2, -0.15) is 0 Å². The van der Waals surface area contributed by atoms with E-state index in [9.17, 15) is 0 Å². The molecule has 0 unspecified atom stereocenters. The van der Waals surface area contributed by atoms with E-state index in [0.29, 0.717) is 0 Å². The Morgan fingerprint density at radius 3 is 1.57 bits per heavy atom. The standard InChI is InChI=1S/C18H35O.3H2O.Ti/c1-2-3-4-5-6-7-8-9-10-11-12-13-14-15-16-17-18-19;;;;/h9-10H,2-8,11-18H2,1H3;3*1H2;/q-1;;;;+4/p-3/b10-9-;;;;. The van der Waals surface area contributed by atoms with Gasteiger partial charge in [-0.15, -0.1) is 0 Å². The first-order valence-corrected chi connectivity index (χ1v) is 12.3. The molecule has 0 radical (unpaired) electrons. The van der Waals surface area contributed by atoms with E-state index in [0.717, 1.165) is 19.3 Å². The molecule has 0 fully saturated rings. The Hall–Kier alpha value is 0.294. The number of rotatable bonds is 17. The van der Waals surface area contributed by atoms with Gasteiger partial charge >= 0.3 is 103 Å². The summed E-state index contributed by atoms with van der Waals surface area (Å²) in [5.74, 6) is 0. The molecular weight excluding hydrogens is 328 g/mol. The van der Waals surface area contributed by atoms with Crippen LogP contribution in [0.1, 0.15) is 96.8 Å². The molecule has 0 amide bonds. The second-order valence-corrected chi connectivity index (χ2v) is 8.60. The predicted molar refractivity (Wildman–Crippen MR) is 92.1 cm³/mol. The Kier molecular flexibility index (Phi) is 17.3. The maximum atomic E-state index is 8.71.